The molecule has 2 aromatic rings. The number of nitrogens with one attached hydrogen (secondary N) is 1. The van der Waals surface area contributed by atoms with Gasteiger partial charge in [-0.2, -0.15) is 0 Å². The van der Waals surface area contributed by atoms with Crippen molar-refractivity contribution >= 4 is 5.91 Å². The lowest BCUT2D eigenvalue weighted by atomic mass is 9.74. The molecule has 1 amide bonds. The highest BCUT2D eigenvalue weighted by molar-refractivity contribution is 5.81. The lowest BCUT2D eigenvalue weighted by Crippen LogP contribution is -2.48. The van der Waals surface area contributed by atoms with Crippen molar-refractivity contribution in [3.8, 4) is 5.75 Å². The number of benzene rings is 2. The summed E-state index contributed by atoms with van der Waals surface area (Å²) in [6, 6.07) is 16.4. The summed E-state index contributed by atoms with van der Waals surface area (Å²) in [5.41, 5.74) is 3.44. The highest BCUT2D eigenvalue weighted by atomic mass is 16.5. The zero-order valence-corrected chi connectivity index (χ0v) is 17.2. The molecule has 0 radical (unpaired) electrons. The minimum atomic E-state index is -0.492. The van der Waals surface area contributed by atoms with Crippen LogP contribution in [0.4, 0.5) is 0 Å². The summed E-state index contributed by atoms with van der Waals surface area (Å²) >= 11 is 0. The molecule has 0 aromatic heterocycles. The third-order valence-corrected chi connectivity index (χ3v) is 5.92. The predicted octanol–water partition coefficient (Wildman–Crippen LogP) is 4.33. The first-order chi connectivity index (χ1) is 13.6. The van der Waals surface area contributed by atoms with E-state index in [2.05, 4.69) is 42.6 Å². The van der Waals surface area contributed by atoms with Gasteiger partial charge in [0.15, 0.2) is 6.10 Å². The third kappa shape index (κ3) is 4.56. The number of amides is 1. The van der Waals surface area contributed by atoms with Crippen molar-refractivity contribution in [1.29, 1.82) is 0 Å². The van der Waals surface area contributed by atoms with Crippen LogP contribution in [0.25, 0.3) is 0 Å². The van der Waals surface area contributed by atoms with Crippen molar-refractivity contribution in [2.75, 3.05) is 19.8 Å². The molecule has 2 aromatic carbocycles. The van der Waals surface area contributed by atoms with Gasteiger partial charge in [0.1, 0.15) is 5.75 Å². The van der Waals surface area contributed by atoms with Crippen LogP contribution in [0.2, 0.25) is 0 Å². The van der Waals surface area contributed by atoms with E-state index in [0.717, 1.165) is 42.9 Å². The zero-order valence-electron chi connectivity index (χ0n) is 17.2. The van der Waals surface area contributed by atoms with Gasteiger partial charge in [-0.15, -0.1) is 0 Å². The maximum absolute atomic E-state index is 12.9. The molecule has 1 fully saturated rings. The van der Waals surface area contributed by atoms with E-state index in [1.54, 1.807) is 0 Å². The Kier molecular flexibility index (Phi) is 6.74. The van der Waals surface area contributed by atoms with Gasteiger partial charge in [-0.05, 0) is 55.9 Å². The van der Waals surface area contributed by atoms with Gasteiger partial charge in [0.05, 0.1) is 0 Å². The van der Waals surface area contributed by atoms with Gasteiger partial charge in [0, 0.05) is 25.2 Å². The molecular weight excluding hydrogens is 350 g/mol. The first-order valence-electron chi connectivity index (χ1n) is 10.2. The second-order valence-corrected chi connectivity index (χ2v) is 7.69. The van der Waals surface area contributed by atoms with E-state index in [4.69, 9.17) is 9.47 Å². The van der Waals surface area contributed by atoms with Crippen LogP contribution in [0.5, 0.6) is 5.75 Å². The minimum Gasteiger partial charge on any atom is -0.480 e. The summed E-state index contributed by atoms with van der Waals surface area (Å²) in [5.74, 6) is 0.732. The third-order valence-electron chi connectivity index (χ3n) is 5.92. The normalized spacial score (nSPS) is 17.0. The molecule has 1 aliphatic heterocycles. The molecule has 3 rings (SSSR count). The largest absolute Gasteiger partial charge is 0.480 e. The smallest absolute Gasteiger partial charge is 0.261 e. The summed E-state index contributed by atoms with van der Waals surface area (Å²) in [4.78, 5) is 12.9. The average molecular weight is 382 g/mol. The Hall–Kier alpha value is -2.33. The summed E-state index contributed by atoms with van der Waals surface area (Å²) in [7, 11) is 0. The fraction of sp³-hybridized carbons (Fsp3) is 0.458. The molecule has 1 unspecified atom stereocenters. The first kappa shape index (κ1) is 20.4. The molecule has 1 N–H and O–H groups in total. The molecule has 0 saturated carbocycles. The number of hydrogen-bond donors (Lipinski definition) is 1. The maximum atomic E-state index is 12.9. The molecule has 1 saturated heterocycles. The predicted molar refractivity (Wildman–Crippen MR) is 112 cm³/mol. The van der Waals surface area contributed by atoms with Crippen molar-refractivity contribution in [2.45, 2.75) is 51.6 Å². The summed E-state index contributed by atoms with van der Waals surface area (Å²) in [5, 5.41) is 3.18. The number of hydrogen-bond acceptors (Lipinski definition) is 3. The van der Waals surface area contributed by atoms with Gasteiger partial charge in [0.25, 0.3) is 5.91 Å². The Bertz CT molecular complexity index is 782. The van der Waals surface area contributed by atoms with Gasteiger partial charge in [-0.1, -0.05) is 49.4 Å². The van der Waals surface area contributed by atoms with Crippen LogP contribution in [-0.2, 0) is 14.9 Å². The Morgan fingerprint density at radius 2 is 1.82 bits per heavy atom. The molecule has 1 aliphatic rings. The van der Waals surface area contributed by atoms with Crippen molar-refractivity contribution in [3.63, 3.8) is 0 Å². The van der Waals surface area contributed by atoms with Crippen LogP contribution in [0.3, 0.4) is 0 Å². The summed E-state index contributed by atoms with van der Waals surface area (Å²) in [6.45, 7) is 8.12. The molecule has 4 nitrogen and oxygen atoms in total. The molecular formula is C24H31NO3. The fourth-order valence-electron chi connectivity index (χ4n) is 3.82. The van der Waals surface area contributed by atoms with E-state index in [9.17, 15) is 4.79 Å². The highest BCUT2D eigenvalue weighted by Crippen LogP contribution is 2.34. The lowest BCUT2D eigenvalue weighted by molar-refractivity contribution is -0.128. The average Bonchev–Trinajstić information content (AvgIpc) is 2.74. The standard InChI is InChI=1S/C24H31NO3/c1-4-21(28-22-12-8-9-18(2)19(22)3)23(26)25-17-24(13-15-27-16-14-24)20-10-6-5-7-11-20/h5-12,21H,4,13-17H2,1-3H3,(H,25,26). The van der Waals surface area contributed by atoms with Crippen LogP contribution in [0.1, 0.15) is 42.9 Å². The number of carbonyl (C=O) groups excluding carboxylic acids is 1. The second-order valence-electron chi connectivity index (χ2n) is 7.69. The van der Waals surface area contributed by atoms with Crippen molar-refractivity contribution in [2.24, 2.45) is 0 Å². The van der Waals surface area contributed by atoms with Crippen LogP contribution < -0.4 is 10.1 Å². The number of aryl methyl sites for hydroxylation is 1. The number of ether oxygens (including phenoxy) is 2. The van der Waals surface area contributed by atoms with E-state index in [1.165, 1.54) is 5.56 Å². The van der Waals surface area contributed by atoms with Gasteiger partial charge < -0.3 is 14.8 Å². The van der Waals surface area contributed by atoms with E-state index in [-0.39, 0.29) is 11.3 Å². The molecule has 1 heterocycles. The molecule has 28 heavy (non-hydrogen) atoms. The van der Waals surface area contributed by atoms with Crippen molar-refractivity contribution in [3.05, 3.63) is 65.2 Å². The van der Waals surface area contributed by atoms with Gasteiger partial charge in [-0.25, -0.2) is 0 Å². The van der Waals surface area contributed by atoms with E-state index in [0.29, 0.717) is 13.0 Å². The van der Waals surface area contributed by atoms with Crippen LogP contribution >= 0.6 is 0 Å². The Morgan fingerprint density at radius 3 is 2.50 bits per heavy atom. The molecule has 0 spiro atoms. The summed E-state index contributed by atoms with van der Waals surface area (Å²) < 4.78 is 11.7. The Morgan fingerprint density at radius 1 is 1.11 bits per heavy atom. The number of carbonyl (C=O) groups is 1. The highest BCUT2D eigenvalue weighted by Gasteiger charge is 2.35. The lowest BCUT2D eigenvalue weighted by Gasteiger charge is -2.38. The molecule has 1 atom stereocenters. The van der Waals surface area contributed by atoms with Gasteiger partial charge >= 0.3 is 0 Å². The van der Waals surface area contributed by atoms with Crippen molar-refractivity contribution < 1.29 is 14.3 Å². The molecule has 4 heteroatoms. The topological polar surface area (TPSA) is 47.6 Å². The molecule has 0 aliphatic carbocycles. The Balaban J connectivity index is 1.70. The summed E-state index contributed by atoms with van der Waals surface area (Å²) in [6.07, 6.45) is 1.95. The number of rotatable bonds is 7. The van der Waals surface area contributed by atoms with Gasteiger partial charge in [-0.3, -0.25) is 4.79 Å². The van der Waals surface area contributed by atoms with E-state index < -0.39 is 6.10 Å². The van der Waals surface area contributed by atoms with Crippen LogP contribution in [-0.4, -0.2) is 31.8 Å². The van der Waals surface area contributed by atoms with E-state index >= 15 is 0 Å². The van der Waals surface area contributed by atoms with E-state index in [1.807, 2.05) is 32.0 Å². The van der Waals surface area contributed by atoms with Crippen molar-refractivity contribution in [1.82, 2.24) is 5.32 Å². The molecule has 0 bridgehead atoms. The molecule has 150 valence electrons. The Labute approximate surface area is 168 Å². The van der Waals surface area contributed by atoms with Crippen LogP contribution in [0, 0.1) is 13.8 Å². The first-order valence-corrected chi connectivity index (χ1v) is 10.2. The van der Waals surface area contributed by atoms with Gasteiger partial charge in [0.2, 0.25) is 0 Å². The fourth-order valence-corrected chi connectivity index (χ4v) is 3.82. The second kappa shape index (κ2) is 9.24. The SMILES string of the molecule is CCC(Oc1cccc(C)c1C)C(=O)NCC1(c2ccccc2)CCOCC1. The zero-order chi connectivity index (χ0) is 20.0. The minimum absolute atomic E-state index is 0.0507. The van der Waals surface area contributed by atoms with Crippen LogP contribution in [0.15, 0.2) is 48.5 Å². The monoisotopic (exact) mass is 381 g/mol. The maximum Gasteiger partial charge on any atom is 0.261 e. The quantitative estimate of drug-likeness (QED) is 0.777.